The Morgan fingerprint density at radius 1 is 1.00 bits per heavy atom. The molecule has 0 aromatic rings. The Morgan fingerprint density at radius 2 is 1.53 bits per heavy atom. The standard InChI is InChI=1S/C13H24N.HI/c1-3-13(9-5-4-6-10-13)14(2)11-7-8-12-14;/h3H,1,4-12H2,2H3;1H/q+1;/p-1. The quantitative estimate of drug-likeness (QED) is 0.385. The van der Waals surface area contributed by atoms with Crippen LogP contribution in [0.15, 0.2) is 12.7 Å². The van der Waals surface area contributed by atoms with Crippen LogP contribution in [0, 0.1) is 0 Å². The van der Waals surface area contributed by atoms with E-state index >= 15 is 0 Å². The maximum Gasteiger partial charge on any atom is 0.117 e. The molecule has 1 nitrogen and oxygen atoms in total. The van der Waals surface area contributed by atoms with Gasteiger partial charge < -0.3 is 28.5 Å². The van der Waals surface area contributed by atoms with Crippen molar-refractivity contribution in [3.63, 3.8) is 0 Å². The summed E-state index contributed by atoms with van der Waals surface area (Å²) in [6.45, 7) is 6.89. The van der Waals surface area contributed by atoms with Crippen LogP contribution in [0.2, 0.25) is 0 Å². The Labute approximate surface area is 112 Å². The summed E-state index contributed by atoms with van der Waals surface area (Å²) in [6.07, 6.45) is 12.2. The Balaban J connectivity index is 0.00000112. The minimum atomic E-state index is 0. The van der Waals surface area contributed by atoms with Gasteiger partial charge in [-0.1, -0.05) is 13.0 Å². The highest BCUT2D eigenvalue weighted by atomic mass is 127. The second-order valence-electron chi connectivity index (χ2n) is 5.42. The van der Waals surface area contributed by atoms with Crippen molar-refractivity contribution >= 4 is 0 Å². The highest BCUT2D eigenvalue weighted by Gasteiger charge is 2.47. The van der Waals surface area contributed by atoms with Gasteiger partial charge >= 0.3 is 0 Å². The molecule has 2 heteroatoms. The summed E-state index contributed by atoms with van der Waals surface area (Å²) in [4.78, 5) is 0. The van der Waals surface area contributed by atoms with E-state index in [0.717, 1.165) is 0 Å². The monoisotopic (exact) mass is 321 g/mol. The van der Waals surface area contributed by atoms with Crippen molar-refractivity contribution < 1.29 is 28.5 Å². The van der Waals surface area contributed by atoms with Gasteiger partial charge in [-0.2, -0.15) is 0 Å². The van der Waals surface area contributed by atoms with E-state index in [2.05, 4.69) is 19.7 Å². The summed E-state index contributed by atoms with van der Waals surface area (Å²) in [5.74, 6) is 0. The Hall–Kier alpha value is 0.430. The highest BCUT2D eigenvalue weighted by Crippen LogP contribution is 2.41. The van der Waals surface area contributed by atoms with Gasteiger partial charge in [0, 0.05) is 25.7 Å². The van der Waals surface area contributed by atoms with Gasteiger partial charge in [0.1, 0.15) is 5.54 Å². The Kier molecular flexibility index (Phi) is 4.65. The van der Waals surface area contributed by atoms with Gasteiger partial charge in [-0.3, -0.25) is 0 Å². The molecule has 0 unspecified atom stereocenters. The van der Waals surface area contributed by atoms with Gasteiger partial charge in [0.25, 0.3) is 0 Å². The van der Waals surface area contributed by atoms with Gasteiger partial charge in [-0.15, -0.1) is 0 Å². The van der Waals surface area contributed by atoms with Crippen LogP contribution in [0.5, 0.6) is 0 Å². The molecule has 1 aliphatic carbocycles. The van der Waals surface area contributed by atoms with Crippen molar-refractivity contribution in [3.05, 3.63) is 12.7 Å². The van der Waals surface area contributed by atoms with Gasteiger partial charge in [0.05, 0.1) is 20.1 Å². The Morgan fingerprint density at radius 3 is 2.00 bits per heavy atom. The van der Waals surface area contributed by atoms with Gasteiger partial charge in [0.15, 0.2) is 0 Å². The summed E-state index contributed by atoms with van der Waals surface area (Å²) < 4.78 is 1.29. The first-order valence-electron chi connectivity index (χ1n) is 6.21. The van der Waals surface area contributed by atoms with Crippen molar-refractivity contribution in [2.75, 3.05) is 20.1 Å². The lowest BCUT2D eigenvalue weighted by molar-refractivity contribution is -0.943. The molecular formula is C13H24IN. The molecule has 0 amide bonds. The number of nitrogens with zero attached hydrogens (tertiary/aromatic N) is 1. The first-order valence-corrected chi connectivity index (χ1v) is 6.21. The summed E-state index contributed by atoms with van der Waals surface area (Å²) in [5.41, 5.74) is 0.439. The molecule has 15 heavy (non-hydrogen) atoms. The fourth-order valence-corrected chi connectivity index (χ4v) is 3.61. The van der Waals surface area contributed by atoms with E-state index in [0.29, 0.717) is 5.54 Å². The molecule has 2 aliphatic rings. The number of likely N-dealkylation sites (tertiary alicyclic amines) is 1. The molecule has 1 saturated heterocycles. The number of quaternary nitrogens is 1. The van der Waals surface area contributed by atoms with E-state index in [1.54, 1.807) is 0 Å². The predicted molar refractivity (Wildman–Crippen MR) is 61.2 cm³/mol. The van der Waals surface area contributed by atoms with Crippen LogP contribution in [0.3, 0.4) is 0 Å². The van der Waals surface area contributed by atoms with Gasteiger partial charge in [-0.25, -0.2) is 0 Å². The van der Waals surface area contributed by atoms with E-state index in [1.165, 1.54) is 62.5 Å². The van der Waals surface area contributed by atoms with Crippen molar-refractivity contribution in [1.82, 2.24) is 0 Å². The number of halogens is 1. The molecule has 0 spiro atoms. The van der Waals surface area contributed by atoms with Crippen LogP contribution in [0.25, 0.3) is 0 Å². The molecule has 0 aromatic heterocycles. The largest absolute Gasteiger partial charge is 1.00 e. The molecule has 88 valence electrons. The number of rotatable bonds is 2. The summed E-state index contributed by atoms with van der Waals surface area (Å²) in [7, 11) is 2.46. The summed E-state index contributed by atoms with van der Waals surface area (Å²) in [6, 6.07) is 0. The van der Waals surface area contributed by atoms with E-state index in [4.69, 9.17) is 0 Å². The third-order valence-electron chi connectivity index (χ3n) is 4.73. The van der Waals surface area contributed by atoms with E-state index in [9.17, 15) is 0 Å². The van der Waals surface area contributed by atoms with Crippen molar-refractivity contribution in [2.24, 2.45) is 0 Å². The third-order valence-corrected chi connectivity index (χ3v) is 4.73. The highest BCUT2D eigenvalue weighted by molar-refractivity contribution is 5.00. The molecule has 1 heterocycles. The average molecular weight is 321 g/mol. The molecule has 2 rings (SSSR count). The van der Waals surface area contributed by atoms with Crippen LogP contribution in [-0.4, -0.2) is 30.2 Å². The molecule has 0 bridgehead atoms. The van der Waals surface area contributed by atoms with Gasteiger partial charge in [-0.05, 0) is 18.9 Å². The lowest BCUT2D eigenvalue weighted by atomic mass is 9.79. The molecule has 2 fully saturated rings. The van der Waals surface area contributed by atoms with Crippen LogP contribution in [0.4, 0.5) is 0 Å². The average Bonchev–Trinajstić information content (AvgIpc) is 2.68. The van der Waals surface area contributed by atoms with E-state index in [-0.39, 0.29) is 24.0 Å². The lowest BCUT2D eigenvalue weighted by Crippen LogP contribution is -3.00. The van der Waals surface area contributed by atoms with Gasteiger partial charge in [0.2, 0.25) is 0 Å². The normalized spacial score (nSPS) is 28.1. The number of hydrogen-bond acceptors (Lipinski definition) is 0. The second-order valence-corrected chi connectivity index (χ2v) is 5.42. The summed E-state index contributed by atoms with van der Waals surface area (Å²) in [5, 5.41) is 0. The molecule has 0 aromatic carbocycles. The molecule has 0 radical (unpaired) electrons. The first kappa shape index (κ1) is 13.5. The fraction of sp³-hybridized carbons (Fsp3) is 0.846. The van der Waals surface area contributed by atoms with E-state index in [1.807, 2.05) is 0 Å². The third kappa shape index (κ3) is 2.26. The zero-order valence-corrected chi connectivity index (χ0v) is 12.1. The number of likely N-dealkylation sites (N-methyl/N-ethyl adjacent to an activating group) is 1. The predicted octanol–water partition coefficient (Wildman–Crippen LogP) is 0.120. The Bertz CT molecular complexity index is 213. The lowest BCUT2D eigenvalue weighted by Gasteiger charge is -2.49. The zero-order chi connectivity index (χ0) is 10.1. The van der Waals surface area contributed by atoms with Crippen LogP contribution < -0.4 is 24.0 Å². The number of hydrogen-bond donors (Lipinski definition) is 0. The molecule has 1 saturated carbocycles. The van der Waals surface area contributed by atoms with Crippen molar-refractivity contribution in [1.29, 1.82) is 0 Å². The van der Waals surface area contributed by atoms with Crippen LogP contribution >= 0.6 is 0 Å². The van der Waals surface area contributed by atoms with Crippen LogP contribution in [-0.2, 0) is 0 Å². The minimum Gasteiger partial charge on any atom is -1.00 e. The maximum absolute atomic E-state index is 4.13. The maximum atomic E-state index is 4.13. The zero-order valence-electron chi connectivity index (χ0n) is 9.97. The van der Waals surface area contributed by atoms with Crippen molar-refractivity contribution in [2.45, 2.75) is 50.5 Å². The minimum absolute atomic E-state index is 0. The smallest absolute Gasteiger partial charge is 0.117 e. The van der Waals surface area contributed by atoms with Crippen LogP contribution in [0.1, 0.15) is 44.9 Å². The first-order chi connectivity index (χ1) is 6.72. The summed E-state index contributed by atoms with van der Waals surface area (Å²) >= 11 is 0. The fourth-order valence-electron chi connectivity index (χ4n) is 3.61. The molecule has 0 N–H and O–H groups in total. The van der Waals surface area contributed by atoms with Crippen molar-refractivity contribution in [3.8, 4) is 0 Å². The molecular weight excluding hydrogens is 297 g/mol. The second kappa shape index (κ2) is 5.17. The molecule has 0 atom stereocenters. The SMILES string of the molecule is C=CC1([N+]2(C)CCCC2)CCCCC1.[I-]. The van der Waals surface area contributed by atoms with E-state index < -0.39 is 0 Å². The topological polar surface area (TPSA) is 0 Å². The molecule has 1 aliphatic heterocycles.